The molecule has 4 aromatic rings. The van der Waals surface area contributed by atoms with Gasteiger partial charge in [0.15, 0.2) is 34.9 Å². The third-order valence-corrected chi connectivity index (χ3v) is 7.41. The standard InChI is InChI=1S/C37H34N8/c1-4-31(36-42-32(27-16-8-13-25(2)14-9-17-27)40-34(44-36)29-18-10-20-38-23-29)37-43-33(28-15-7-5-6-12-26(3)22-28)41-35(45-37)30-19-11-21-39-24-30/h4-11,13,15-26H,12,14H2,1-3H3. The minimum absolute atomic E-state index is 0.319. The Morgan fingerprint density at radius 2 is 1.29 bits per heavy atom. The van der Waals surface area contributed by atoms with E-state index in [2.05, 4.69) is 66.3 Å². The average Bonchev–Trinajstić information content (AvgIpc) is 3.05. The molecule has 0 spiro atoms. The molecular weight excluding hydrogens is 556 g/mol. The fourth-order valence-corrected chi connectivity index (χ4v) is 5.01. The number of hydrogen-bond donors (Lipinski definition) is 0. The Bertz CT molecular complexity index is 1880. The lowest BCUT2D eigenvalue weighted by Crippen LogP contribution is -2.10. The van der Waals surface area contributed by atoms with Crippen molar-refractivity contribution in [2.24, 2.45) is 11.8 Å². The second kappa shape index (κ2) is 13.9. The van der Waals surface area contributed by atoms with Gasteiger partial charge in [0, 0.05) is 47.1 Å². The molecule has 0 bridgehead atoms. The average molecular weight is 591 g/mol. The number of hydrogen-bond acceptors (Lipinski definition) is 8. The predicted molar refractivity (Wildman–Crippen MR) is 179 cm³/mol. The molecule has 222 valence electrons. The second-order valence-corrected chi connectivity index (χ2v) is 11.0. The van der Waals surface area contributed by atoms with Crippen LogP contribution in [0.3, 0.4) is 0 Å². The first kappa shape index (κ1) is 29.6. The van der Waals surface area contributed by atoms with Crippen molar-refractivity contribution in [3.63, 3.8) is 0 Å². The van der Waals surface area contributed by atoms with Gasteiger partial charge in [-0.25, -0.2) is 29.9 Å². The number of nitrogens with zero attached hydrogens (tertiary/aromatic N) is 8. The number of pyridine rings is 2. The van der Waals surface area contributed by atoms with E-state index in [-0.39, 0.29) is 0 Å². The van der Waals surface area contributed by atoms with E-state index in [0.29, 0.717) is 52.4 Å². The Hall–Kier alpha value is -5.50. The van der Waals surface area contributed by atoms with Gasteiger partial charge in [-0.15, -0.1) is 0 Å². The molecule has 2 atom stereocenters. The van der Waals surface area contributed by atoms with Crippen molar-refractivity contribution < 1.29 is 0 Å². The maximum Gasteiger partial charge on any atom is 0.167 e. The summed E-state index contributed by atoms with van der Waals surface area (Å²) >= 11 is 0. The van der Waals surface area contributed by atoms with Gasteiger partial charge < -0.3 is 0 Å². The van der Waals surface area contributed by atoms with Crippen LogP contribution in [0.4, 0.5) is 0 Å². The number of aromatic nitrogens is 8. The Morgan fingerprint density at radius 1 is 0.667 bits per heavy atom. The molecule has 0 radical (unpaired) electrons. The van der Waals surface area contributed by atoms with Crippen molar-refractivity contribution in [2.75, 3.05) is 0 Å². The summed E-state index contributed by atoms with van der Waals surface area (Å²) in [6, 6.07) is 7.64. The zero-order valence-electron chi connectivity index (χ0n) is 25.6. The molecule has 0 N–H and O–H groups in total. The highest BCUT2D eigenvalue weighted by atomic mass is 15.1. The molecule has 0 amide bonds. The SMILES string of the molecule is CC=C(c1nc(C2=CC=CC(C)CC=C2)nc(-c2cccnc2)n1)c1nc(C2=CC(C)CC=CC=C2)nc(-c2cccnc2)n1. The van der Waals surface area contributed by atoms with E-state index in [4.69, 9.17) is 29.9 Å². The summed E-state index contributed by atoms with van der Waals surface area (Å²) in [4.78, 5) is 38.3. The normalized spacial score (nSPS) is 18.4. The first-order valence-corrected chi connectivity index (χ1v) is 15.2. The lowest BCUT2D eigenvalue weighted by atomic mass is 10.0. The van der Waals surface area contributed by atoms with Crippen LogP contribution in [0.15, 0.2) is 116 Å². The van der Waals surface area contributed by atoms with E-state index in [9.17, 15) is 0 Å². The van der Waals surface area contributed by atoms with Crippen LogP contribution in [-0.4, -0.2) is 39.9 Å². The van der Waals surface area contributed by atoms with E-state index in [0.717, 1.165) is 35.1 Å². The van der Waals surface area contributed by atoms with Gasteiger partial charge in [0.25, 0.3) is 0 Å². The van der Waals surface area contributed by atoms with Crippen molar-refractivity contribution >= 4 is 16.7 Å². The van der Waals surface area contributed by atoms with Crippen molar-refractivity contribution in [3.05, 3.63) is 139 Å². The van der Waals surface area contributed by atoms with Gasteiger partial charge in [-0.05, 0) is 55.9 Å². The highest BCUT2D eigenvalue weighted by Gasteiger charge is 2.20. The Kier molecular flexibility index (Phi) is 9.11. The summed E-state index contributed by atoms with van der Waals surface area (Å²) in [5.41, 5.74) is 4.06. The fraction of sp³-hybridized carbons (Fsp3) is 0.189. The van der Waals surface area contributed by atoms with E-state index in [1.54, 1.807) is 24.8 Å². The van der Waals surface area contributed by atoms with E-state index in [1.165, 1.54) is 0 Å². The van der Waals surface area contributed by atoms with Gasteiger partial charge in [0.05, 0.1) is 5.57 Å². The number of allylic oxidation sites excluding steroid dienone is 13. The molecule has 2 aliphatic carbocycles. The lowest BCUT2D eigenvalue weighted by molar-refractivity contribution is 0.744. The summed E-state index contributed by atoms with van der Waals surface area (Å²) in [5.74, 6) is 3.87. The molecule has 4 aromatic heterocycles. The van der Waals surface area contributed by atoms with Gasteiger partial charge in [-0.2, -0.15) is 0 Å². The van der Waals surface area contributed by atoms with Gasteiger partial charge in [0.1, 0.15) is 0 Å². The van der Waals surface area contributed by atoms with E-state index >= 15 is 0 Å². The van der Waals surface area contributed by atoms with Crippen LogP contribution in [0, 0.1) is 11.8 Å². The Morgan fingerprint density at radius 3 is 1.91 bits per heavy atom. The first-order chi connectivity index (χ1) is 22.1. The predicted octanol–water partition coefficient (Wildman–Crippen LogP) is 7.70. The molecule has 6 rings (SSSR count). The monoisotopic (exact) mass is 590 g/mol. The Balaban J connectivity index is 1.54. The van der Waals surface area contributed by atoms with Gasteiger partial charge in [0.2, 0.25) is 0 Å². The highest BCUT2D eigenvalue weighted by Crippen LogP contribution is 2.28. The highest BCUT2D eigenvalue weighted by molar-refractivity contribution is 5.78. The van der Waals surface area contributed by atoms with E-state index < -0.39 is 0 Å². The molecule has 2 unspecified atom stereocenters. The smallest absolute Gasteiger partial charge is 0.167 e. The Labute approximate surface area is 263 Å². The first-order valence-electron chi connectivity index (χ1n) is 15.2. The molecule has 8 nitrogen and oxygen atoms in total. The third-order valence-electron chi connectivity index (χ3n) is 7.41. The quantitative estimate of drug-likeness (QED) is 0.225. The van der Waals surface area contributed by atoms with Crippen molar-refractivity contribution in [1.29, 1.82) is 0 Å². The molecule has 2 aliphatic rings. The lowest BCUT2D eigenvalue weighted by Gasteiger charge is -2.14. The zero-order chi connectivity index (χ0) is 31.0. The van der Waals surface area contributed by atoms with Crippen molar-refractivity contribution in [3.8, 4) is 22.8 Å². The molecule has 0 saturated heterocycles. The summed E-state index contributed by atoms with van der Waals surface area (Å²) in [7, 11) is 0. The summed E-state index contributed by atoms with van der Waals surface area (Å²) < 4.78 is 0. The molecular formula is C37H34N8. The maximum atomic E-state index is 5.01. The van der Waals surface area contributed by atoms with Crippen LogP contribution in [0.2, 0.25) is 0 Å². The van der Waals surface area contributed by atoms with Crippen molar-refractivity contribution in [1.82, 2.24) is 39.9 Å². The second-order valence-electron chi connectivity index (χ2n) is 11.0. The summed E-state index contributed by atoms with van der Waals surface area (Å²) in [6.45, 7) is 6.32. The van der Waals surface area contributed by atoms with Crippen LogP contribution in [0.5, 0.6) is 0 Å². The van der Waals surface area contributed by atoms with Crippen LogP contribution in [0.1, 0.15) is 56.9 Å². The molecule has 4 heterocycles. The van der Waals surface area contributed by atoms with Crippen LogP contribution in [0.25, 0.3) is 39.5 Å². The molecule has 8 heteroatoms. The molecule has 0 aromatic carbocycles. The van der Waals surface area contributed by atoms with Crippen molar-refractivity contribution in [2.45, 2.75) is 33.6 Å². The van der Waals surface area contributed by atoms with Crippen LogP contribution >= 0.6 is 0 Å². The zero-order valence-corrected chi connectivity index (χ0v) is 25.6. The fourth-order valence-electron chi connectivity index (χ4n) is 5.01. The molecule has 45 heavy (non-hydrogen) atoms. The minimum atomic E-state index is 0.319. The van der Waals surface area contributed by atoms with Gasteiger partial charge >= 0.3 is 0 Å². The van der Waals surface area contributed by atoms with Crippen LogP contribution in [-0.2, 0) is 0 Å². The molecule has 0 aliphatic heterocycles. The van der Waals surface area contributed by atoms with Gasteiger partial charge in [-0.3, -0.25) is 9.97 Å². The molecule has 0 fully saturated rings. The summed E-state index contributed by atoms with van der Waals surface area (Å²) in [6.07, 6.45) is 31.8. The van der Waals surface area contributed by atoms with Crippen LogP contribution < -0.4 is 0 Å². The molecule has 0 saturated carbocycles. The van der Waals surface area contributed by atoms with E-state index in [1.807, 2.05) is 55.5 Å². The largest absolute Gasteiger partial charge is 0.264 e. The van der Waals surface area contributed by atoms with Gasteiger partial charge in [-0.1, -0.05) is 80.7 Å². The maximum absolute atomic E-state index is 5.01. The summed E-state index contributed by atoms with van der Waals surface area (Å²) in [5, 5.41) is 0. The minimum Gasteiger partial charge on any atom is -0.264 e. The topological polar surface area (TPSA) is 103 Å². The number of rotatable bonds is 6. The third kappa shape index (κ3) is 7.18.